The topological polar surface area (TPSA) is 131 Å². The Morgan fingerprint density at radius 3 is 0.776 bits per heavy atom. The number of nitrogens with zero attached hydrogens (tertiary/aromatic N) is 8. The minimum atomic E-state index is -0.0851. The maximum Gasteiger partial charge on any atom is 0.220 e. The molecule has 0 saturated carbocycles. The minimum Gasteiger partial charge on any atom is -0.378 e. The number of hydrogen-bond donors (Lipinski definition) is 0. The van der Waals surface area contributed by atoms with Crippen LogP contribution in [0.1, 0.15) is 139 Å². The van der Waals surface area contributed by atoms with Crippen molar-refractivity contribution in [3.05, 3.63) is 81.2 Å². The molecule has 4 aromatic carbocycles. The molecule has 20 heteroatoms. The molecule has 0 bridgehead atoms. The van der Waals surface area contributed by atoms with E-state index in [4.69, 9.17) is 67.8 Å². The van der Waals surface area contributed by atoms with Gasteiger partial charge in [-0.15, -0.1) is 0 Å². The number of anilines is 4. The highest BCUT2D eigenvalue weighted by Gasteiger charge is 2.33. The molecule has 0 aliphatic rings. The lowest BCUT2D eigenvalue weighted by Gasteiger charge is -2.30. The Labute approximate surface area is 534 Å². The molecular formula is C65H114N8O8S4. The van der Waals surface area contributed by atoms with Crippen LogP contribution in [-0.2, 0) is 40.6 Å². The normalized spacial score (nSPS) is 12.3. The Hall–Kier alpha value is -3.12. The summed E-state index contributed by atoms with van der Waals surface area (Å²) >= 11 is 20.8. The monoisotopic (exact) mass is 1260 g/mol. The summed E-state index contributed by atoms with van der Waals surface area (Å²) in [5, 5.41) is 0. The fourth-order valence-corrected chi connectivity index (χ4v) is 11.5. The maximum atomic E-state index is 12.0. The van der Waals surface area contributed by atoms with E-state index in [1.807, 2.05) is 61.9 Å². The van der Waals surface area contributed by atoms with Gasteiger partial charge in [0.1, 0.15) is 0 Å². The van der Waals surface area contributed by atoms with Gasteiger partial charge in [0, 0.05) is 103 Å². The molecule has 0 unspecified atom stereocenters. The van der Waals surface area contributed by atoms with Gasteiger partial charge in [0.25, 0.3) is 0 Å². The standard InChI is InChI=1S/2C17H30N2O2S.C16H28N2O2S.C15H26N2O2S/c1-7-8-18(5)9-11-21-12-10-19(6)14-13(17(2,3)4)16(22)15(14)20;1-7-19(8-2)10-12-21-11-9-18(6)14-13(17(3,4)5)16(22)15(14)20;1-7-17(5)8-10-20-11-9-18(6)13-12(16(2,3)4)15(21)14(13)19;1-15(2,3)11-12(13(18)14(11)20)17(6)8-10-19-9-7-16(4)5/h2*7-12H2,1-6H3;7-11H2,1-6H3;7-10H2,1-6H3. The predicted octanol–water partition coefficient (Wildman–Crippen LogP) is 9.81. The van der Waals surface area contributed by atoms with Crippen LogP contribution in [0.15, 0.2) is 19.2 Å². The lowest BCUT2D eigenvalue weighted by atomic mass is 9.82. The average Bonchev–Trinajstić information content (AvgIpc) is 2.87. The van der Waals surface area contributed by atoms with E-state index in [-0.39, 0.29) is 43.4 Å². The summed E-state index contributed by atoms with van der Waals surface area (Å²) in [5.41, 5.74) is 6.78. The van der Waals surface area contributed by atoms with Gasteiger partial charge in [-0.3, -0.25) is 19.2 Å². The molecule has 85 heavy (non-hydrogen) atoms. The Balaban J connectivity index is 0.000000567. The fraction of sp³-hybridized carbons (Fsp3) is 0.754. The summed E-state index contributed by atoms with van der Waals surface area (Å²) < 4.78 is 24.5. The van der Waals surface area contributed by atoms with Crippen molar-refractivity contribution in [2.75, 3.05) is 207 Å². The largest absolute Gasteiger partial charge is 0.378 e. The van der Waals surface area contributed by atoms with Gasteiger partial charge < -0.3 is 58.1 Å². The summed E-state index contributed by atoms with van der Waals surface area (Å²) in [6.07, 6.45) is 1.16. The third-order valence-corrected chi connectivity index (χ3v) is 16.4. The Morgan fingerprint density at radius 2 is 0.553 bits per heavy atom. The molecule has 0 amide bonds. The number of likely N-dealkylation sites (N-methyl/N-ethyl adjacent to an activating group) is 8. The zero-order valence-corrected chi connectivity index (χ0v) is 60.6. The number of rotatable bonds is 33. The van der Waals surface area contributed by atoms with Crippen LogP contribution < -0.4 is 41.3 Å². The molecule has 4 aromatic rings. The van der Waals surface area contributed by atoms with Crippen LogP contribution in [0.25, 0.3) is 0 Å². The van der Waals surface area contributed by atoms with Crippen molar-refractivity contribution in [1.82, 2.24) is 19.6 Å². The van der Waals surface area contributed by atoms with Crippen LogP contribution >= 0.6 is 48.9 Å². The molecule has 0 saturated heterocycles. The molecule has 0 aromatic heterocycles. The molecule has 0 aliphatic carbocycles. The molecule has 0 atom stereocenters. The molecule has 0 heterocycles. The van der Waals surface area contributed by atoms with Gasteiger partial charge in [0.15, 0.2) is 0 Å². The van der Waals surface area contributed by atoms with E-state index in [9.17, 15) is 19.2 Å². The van der Waals surface area contributed by atoms with Crippen LogP contribution in [-0.4, -0.2) is 207 Å². The molecule has 0 N–H and O–H groups in total. The van der Waals surface area contributed by atoms with Crippen molar-refractivity contribution in [3.63, 3.8) is 0 Å². The quantitative estimate of drug-likeness (QED) is 0.0331. The van der Waals surface area contributed by atoms with Crippen LogP contribution in [0.4, 0.5) is 22.7 Å². The summed E-state index contributed by atoms with van der Waals surface area (Å²) in [6, 6.07) is 0. The third kappa shape index (κ3) is 25.0. The first-order valence-corrected chi connectivity index (χ1v) is 32.2. The van der Waals surface area contributed by atoms with E-state index in [1.54, 1.807) is 0 Å². The van der Waals surface area contributed by atoms with E-state index in [0.717, 1.165) is 124 Å². The first-order chi connectivity index (χ1) is 39.3. The average molecular weight is 1260 g/mol. The Morgan fingerprint density at radius 1 is 0.318 bits per heavy atom. The Kier molecular flexibility index (Phi) is 34.9. The van der Waals surface area contributed by atoms with E-state index >= 15 is 0 Å². The van der Waals surface area contributed by atoms with Crippen molar-refractivity contribution in [2.45, 2.75) is 139 Å². The lowest BCUT2D eigenvalue weighted by molar-refractivity contribution is 0.112. The second-order valence-corrected chi connectivity index (χ2v) is 28.3. The molecule has 486 valence electrons. The minimum absolute atomic E-state index is 0.000663. The second-order valence-electron chi connectivity index (χ2n) is 26.7. The number of ether oxygens (including phenoxy) is 4. The van der Waals surface area contributed by atoms with Crippen LogP contribution in [0, 0.1) is 18.0 Å². The summed E-state index contributed by atoms with van der Waals surface area (Å²) in [5.74, 6) is 0. The smallest absolute Gasteiger partial charge is 0.220 e. The van der Waals surface area contributed by atoms with Crippen LogP contribution in [0.3, 0.4) is 0 Å². The van der Waals surface area contributed by atoms with Gasteiger partial charge in [0.05, 0.1) is 93.6 Å². The first kappa shape index (κ1) is 79.9. The predicted molar refractivity (Wildman–Crippen MR) is 372 cm³/mol. The van der Waals surface area contributed by atoms with Gasteiger partial charge >= 0.3 is 0 Å². The van der Waals surface area contributed by atoms with Crippen molar-refractivity contribution >= 4 is 71.6 Å². The van der Waals surface area contributed by atoms with Gasteiger partial charge in [-0.05, 0) is 82.5 Å². The van der Waals surface area contributed by atoms with Gasteiger partial charge in [-0.2, -0.15) is 0 Å². The van der Waals surface area contributed by atoms with E-state index in [1.165, 1.54) is 0 Å². The molecule has 0 radical (unpaired) electrons. The SMILES string of the molecule is CCCN(C)CCOCCN(C)c1c(C(C)(C)C)c(=S)c1=O.CCN(C)CCOCCN(C)c1c(C(C)(C)C)c(=S)c1=O.CCN(CC)CCOCCN(C)c1c(C(C)(C)C)c(=S)c1=O.CN(C)CCOCCN(C)c1c(C(C)(C)C)c(=S)c1=O. The van der Waals surface area contributed by atoms with E-state index in [0.29, 0.717) is 77.3 Å². The lowest BCUT2D eigenvalue weighted by Crippen LogP contribution is -2.36. The van der Waals surface area contributed by atoms with Crippen molar-refractivity contribution in [1.29, 1.82) is 0 Å². The molecular weight excluding hydrogens is 1150 g/mol. The van der Waals surface area contributed by atoms with Crippen molar-refractivity contribution < 1.29 is 18.9 Å². The third-order valence-electron chi connectivity index (χ3n) is 14.9. The van der Waals surface area contributed by atoms with Crippen LogP contribution in [0.5, 0.6) is 0 Å². The summed E-state index contributed by atoms with van der Waals surface area (Å²) in [7, 11) is 15.9. The van der Waals surface area contributed by atoms with Gasteiger partial charge in [0.2, 0.25) is 21.7 Å². The maximum absolute atomic E-state index is 12.0. The molecule has 16 nitrogen and oxygen atoms in total. The molecule has 4 rings (SSSR count). The highest BCUT2D eigenvalue weighted by Crippen LogP contribution is 2.36. The van der Waals surface area contributed by atoms with Crippen molar-refractivity contribution in [3.8, 4) is 0 Å². The molecule has 0 spiro atoms. The van der Waals surface area contributed by atoms with Crippen molar-refractivity contribution in [2.24, 2.45) is 0 Å². The Bertz CT molecular complexity index is 2900. The number of hydrogen-bond acceptors (Lipinski definition) is 20. The van der Waals surface area contributed by atoms with E-state index in [2.05, 4.69) is 144 Å². The highest BCUT2D eigenvalue weighted by molar-refractivity contribution is 7.72. The summed E-state index contributed by atoms with van der Waals surface area (Å²) in [4.78, 5) is 64.8. The zero-order chi connectivity index (χ0) is 65.5. The van der Waals surface area contributed by atoms with Gasteiger partial charge in [-0.1, -0.05) is 160 Å². The van der Waals surface area contributed by atoms with Gasteiger partial charge in [-0.25, -0.2) is 0 Å². The molecule has 0 fully saturated rings. The zero-order valence-electron chi connectivity index (χ0n) is 57.3. The molecule has 0 aliphatic heterocycles. The summed E-state index contributed by atoms with van der Waals surface area (Å²) in [6.45, 7) is 49.8. The fourth-order valence-electron chi connectivity index (χ4n) is 9.49. The highest BCUT2D eigenvalue weighted by atomic mass is 32.1. The first-order valence-electron chi connectivity index (χ1n) is 30.5. The second kappa shape index (κ2) is 37.1. The van der Waals surface area contributed by atoms with E-state index < -0.39 is 0 Å². The van der Waals surface area contributed by atoms with Crippen LogP contribution in [0.2, 0.25) is 0 Å².